The van der Waals surface area contributed by atoms with Crippen LogP contribution in [-0.2, 0) is 11.2 Å². The Labute approximate surface area is 100 Å². The van der Waals surface area contributed by atoms with Crippen molar-refractivity contribution in [3.63, 3.8) is 0 Å². The van der Waals surface area contributed by atoms with E-state index in [9.17, 15) is 9.18 Å². The Morgan fingerprint density at radius 2 is 2.29 bits per heavy atom. The summed E-state index contributed by atoms with van der Waals surface area (Å²) in [6.45, 7) is 0. The molecule has 0 bridgehead atoms. The van der Waals surface area contributed by atoms with E-state index in [0.29, 0.717) is 0 Å². The van der Waals surface area contributed by atoms with Gasteiger partial charge in [-0.3, -0.25) is 4.79 Å². The predicted molar refractivity (Wildman–Crippen MR) is 57.7 cm³/mol. The Kier molecular flexibility index (Phi) is 3.06. The molecule has 0 fully saturated rings. The first-order chi connectivity index (χ1) is 8.06. The van der Waals surface area contributed by atoms with E-state index in [1.807, 2.05) is 0 Å². The molecule has 1 N–H and O–H groups in total. The molecule has 1 heterocycles. The molecule has 2 aromatic rings. The van der Waals surface area contributed by atoms with Crippen molar-refractivity contribution < 1.29 is 14.3 Å². The van der Waals surface area contributed by atoms with Crippen LogP contribution in [0.2, 0.25) is 5.02 Å². The molecule has 0 aliphatic carbocycles. The lowest BCUT2D eigenvalue weighted by atomic mass is 10.3. The van der Waals surface area contributed by atoms with Crippen LogP contribution in [0.5, 0.6) is 0 Å². The summed E-state index contributed by atoms with van der Waals surface area (Å²) in [6, 6.07) is 4.10. The number of rotatable bonds is 3. The predicted octanol–water partition coefficient (Wildman–Crippen LogP) is 1.69. The van der Waals surface area contributed by atoms with E-state index in [0.717, 1.165) is 6.07 Å². The van der Waals surface area contributed by atoms with Gasteiger partial charge in [-0.25, -0.2) is 9.07 Å². The molecule has 0 atom stereocenters. The molecule has 0 saturated heterocycles. The summed E-state index contributed by atoms with van der Waals surface area (Å²) in [5.74, 6) is -1.57. The Morgan fingerprint density at radius 1 is 1.53 bits per heavy atom. The molecule has 0 radical (unpaired) electrons. The zero-order valence-corrected chi connectivity index (χ0v) is 9.23. The average molecular weight is 256 g/mol. The molecule has 0 aliphatic rings. The average Bonchev–Trinajstić information content (AvgIpc) is 2.65. The molecule has 88 valence electrons. The van der Waals surface area contributed by atoms with Gasteiger partial charge in [-0.15, -0.1) is 5.10 Å². The Morgan fingerprint density at radius 3 is 2.94 bits per heavy atom. The van der Waals surface area contributed by atoms with E-state index in [2.05, 4.69) is 10.3 Å². The lowest BCUT2D eigenvalue weighted by molar-refractivity contribution is -0.136. The maximum Gasteiger partial charge on any atom is 0.309 e. The minimum Gasteiger partial charge on any atom is -0.481 e. The van der Waals surface area contributed by atoms with Crippen molar-refractivity contribution in [1.29, 1.82) is 0 Å². The zero-order chi connectivity index (χ0) is 12.4. The summed E-state index contributed by atoms with van der Waals surface area (Å²) in [4.78, 5) is 10.5. The third kappa shape index (κ3) is 2.59. The van der Waals surface area contributed by atoms with Gasteiger partial charge in [0.05, 0.1) is 18.3 Å². The molecule has 17 heavy (non-hydrogen) atoms. The second kappa shape index (κ2) is 4.50. The van der Waals surface area contributed by atoms with Crippen LogP contribution in [0.15, 0.2) is 24.4 Å². The second-order valence-electron chi connectivity index (χ2n) is 3.32. The Bertz CT molecular complexity index is 570. The number of hydrogen-bond acceptors (Lipinski definition) is 3. The van der Waals surface area contributed by atoms with Gasteiger partial charge in [0.2, 0.25) is 0 Å². The van der Waals surface area contributed by atoms with Gasteiger partial charge in [-0.05, 0) is 18.2 Å². The number of aliphatic carboxylic acids is 1. The standard InChI is InChI=1S/C10H7ClFN3O2/c11-6-1-2-9(8(12)3-6)15-5-7(13-14-15)4-10(16)17/h1-3,5H,4H2,(H,16,17). The maximum atomic E-state index is 13.5. The van der Waals surface area contributed by atoms with Crippen molar-refractivity contribution in [3.05, 3.63) is 40.9 Å². The van der Waals surface area contributed by atoms with Gasteiger partial charge in [-0.2, -0.15) is 0 Å². The quantitative estimate of drug-likeness (QED) is 0.906. The highest BCUT2D eigenvalue weighted by molar-refractivity contribution is 6.30. The third-order valence-corrected chi connectivity index (χ3v) is 2.26. The molecule has 0 unspecified atom stereocenters. The van der Waals surface area contributed by atoms with Crippen LogP contribution in [0.25, 0.3) is 5.69 Å². The second-order valence-corrected chi connectivity index (χ2v) is 3.76. The fourth-order valence-electron chi connectivity index (χ4n) is 1.32. The fraction of sp³-hybridized carbons (Fsp3) is 0.100. The van der Waals surface area contributed by atoms with E-state index in [-0.39, 0.29) is 22.8 Å². The van der Waals surface area contributed by atoms with Crippen LogP contribution in [0.3, 0.4) is 0 Å². The van der Waals surface area contributed by atoms with Crippen LogP contribution < -0.4 is 0 Å². The van der Waals surface area contributed by atoms with Crippen molar-refractivity contribution in [2.75, 3.05) is 0 Å². The molecular weight excluding hydrogens is 249 g/mol. The normalized spacial score (nSPS) is 10.5. The molecule has 0 saturated carbocycles. The number of aromatic nitrogens is 3. The minimum absolute atomic E-state index is 0.165. The highest BCUT2D eigenvalue weighted by Crippen LogP contribution is 2.17. The van der Waals surface area contributed by atoms with E-state index in [4.69, 9.17) is 16.7 Å². The van der Waals surface area contributed by atoms with Gasteiger partial charge in [0.25, 0.3) is 0 Å². The number of carboxylic acid groups (broad SMARTS) is 1. The number of hydrogen-bond donors (Lipinski definition) is 1. The van der Waals surface area contributed by atoms with Crippen LogP contribution in [0.1, 0.15) is 5.69 Å². The highest BCUT2D eigenvalue weighted by atomic mass is 35.5. The summed E-state index contributed by atoms with van der Waals surface area (Å²) >= 11 is 5.62. The van der Waals surface area contributed by atoms with Gasteiger partial charge in [0, 0.05) is 5.02 Å². The van der Waals surface area contributed by atoms with Gasteiger partial charge in [0.1, 0.15) is 11.5 Å². The number of halogens is 2. The molecule has 0 amide bonds. The molecular formula is C10H7ClFN3O2. The van der Waals surface area contributed by atoms with Crippen LogP contribution in [0, 0.1) is 5.82 Å². The number of carbonyl (C=O) groups is 1. The first-order valence-corrected chi connectivity index (χ1v) is 5.02. The lowest BCUT2D eigenvalue weighted by Gasteiger charge is -2.01. The van der Waals surface area contributed by atoms with Crippen molar-refractivity contribution in [1.82, 2.24) is 15.0 Å². The topological polar surface area (TPSA) is 68.0 Å². The number of benzene rings is 1. The van der Waals surface area contributed by atoms with E-state index >= 15 is 0 Å². The maximum absolute atomic E-state index is 13.5. The van der Waals surface area contributed by atoms with Crippen LogP contribution in [-0.4, -0.2) is 26.1 Å². The largest absolute Gasteiger partial charge is 0.481 e. The minimum atomic E-state index is -1.02. The zero-order valence-electron chi connectivity index (χ0n) is 8.47. The molecule has 1 aromatic heterocycles. The van der Waals surface area contributed by atoms with Crippen molar-refractivity contribution >= 4 is 17.6 Å². The van der Waals surface area contributed by atoms with Crippen LogP contribution in [0.4, 0.5) is 4.39 Å². The number of carboxylic acids is 1. The summed E-state index contributed by atoms with van der Waals surface area (Å²) < 4.78 is 14.7. The summed E-state index contributed by atoms with van der Waals surface area (Å²) in [7, 11) is 0. The van der Waals surface area contributed by atoms with E-state index in [1.54, 1.807) is 0 Å². The van der Waals surface area contributed by atoms with E-state index in [1.165, 1.54) is 23.0 Å². The molecule has 2 rings (SSSR count). The van der Waals surface area contributed by atoms with Crippen molar-refractivity contribution in [3.8, 4) is 5.69 Å². The molecule has 1 aromatic carbocycles. The smallest absolute Gasteiger partial charge is 0.309 e. The Hall–Kier alpha value is -1.95. The summed E-state index contributed by atoms with van der Waals surface area (Å²) in [5.41, 5.74) is 0.422. The molecule has 7 heteroatoms. The number of nitrogens with zero attached hydrogens (tertiary/aromatic N) is 3. The fourth-order valence-corrected chi connectivity index (χ4v) is 1.48. The monoisotopic (exact) mass is 255 g/mol. The van der Waals surface area contributed by atoms with Crippen LogP contribution >= 0.6 is 11.6 Å². The molecule has 5 nitrogen and oxygen atoms in total. The third-order valence-electron chi connectivity index (χ3n) is 2.03. The molecule has 0 aliphatic heterocycles. The van der Waals surface area contributed by atoms with Gasteiger partial charge >= 0.3 is 5.97 Å². The van der Waals surface area contributed by atoms with E-state index < -0.39 is 11.8 Å². The van der Waals surface area contributed by atoms with Gasteiger partial charge in [0.15, 0.2) is 0 Å². The van der Waals surface area contributed by atoms with Gasteiger partial charge < -0.3 is 5.11 Å². The first kappa shape index (κ1) is 11.5. The lowest BCUT2D eigenvalue weighted by Crippen LogP contribution is -2.00. The first-order valence-electron chi connectivity index (χ1n) is 4.64. The highest BCUT2D eigenvalue weighted by Gasteiger charge is 2.10. The van der Waals surface area contributed by atoms with Gasteiger partial charge in [-0.1, -0.05) is 16.8 Å². The Balaban J connectivity index is 2.33. The van der Waals surface area contributed by atoms with Crippen molar-refractivity contribution in [2.24, 2.45) is 0 Å². The summed E-state index contributed by atoms with van der Waals surface area (Å²) in [6.07, 6.45) is 1.11. The SMILES string of the molecule is O=C(O)Cc1cn(-c2ccc(Cl)cc2F)nn1. The van der Waals surface area contributed by atoms with Crippen molar-refractivity contribution in [2.45, 2.75) is 6.42 Å². The summed E-state index contributed by atoms with van der Waals surface area (Å²) in [5, 5.41) is 16.1. The molecule has 0 spiro atoms.